The smallest absolute Gasteiger partial charge is 0.410 e. The number of benzene rings is 2. The Balaban J connectivity index is 0.000000323. The molecule has 2 fully saturated rings. The first-order valence-corrected chi connectivity index (χ1v) is 21.6. The summed E-state index contributed by atoms with van der Waals surface area (Å²) in [7, 11) is -3.66. The van der Waals surface area contributed by atoms with Gasteiger partial charge in [-0.3, -0.25) is 4.18 Å². The third-order valence-electron chi connectivity index (χ3n) is 9.20. The summed E-state index contributed by atoms with van der Waals surface area (Å²) in [5, 5.41) is 35.7. The molecule has 2 aromatic rings. The number of nitrogens with one attached hydrogen (secondary N) is 2. The second-order valence-corrected chi connectivity index (χ2v) is 18.3. The SMILES string of the molecule is CC(C)(C)OC(=O)N[C@@H](CCO)[C@@H]1CN(C(=O)OCc2ccccc2)C[C@@H]1O.CC(C)(C)OC(=O)N[C@@H](CCOS(C)(=O)=O)[C@@H]1CN(C(=O)OCc2ccccc2)C[C@@H]1O. The summed E-state index contributed by atoms with van der Waals surface area (Å²) >= 11 is 0. The molecule has 18 nitrogen and oxygen atoms in total. The molecule has 2 saturated heterocycles. The van der Waals surface area contributed by atoms with Crippen molar-refractivity contribution in [2.45, 2.75) is 103 Å². The molecule has 0 bridgehead atoms. The van der Waals surface area contributed by atoms with Crippen LogP contribution in [-0.4, -0.2) is 139 Å². The lowest BCUT2D eigenvalue weighted by molar-refractivity contribution is 0.0422. The van der Waals surface area contributed by atoms with Gasteiger partial charge in [0.05, 0.1) is 38.2 Å². The fourth-order valence-electron chi connectivity index (χ4n) is 6.50. The third kappa shape index (κ3) is 18.3. The van der Waals surface area contributed by atoms with Gasteiger partial charge < -0.3 is 54.7 Å². The Morgan fingerprint density at radius 2 is 1.07 bits per heavy atom. The van der Waals surface area contributed by atoms with Crippen molar-refractivity contribution in [3.8, 4) is 0 Å². The topological polar surface area (TPSA) is 240 Å². The Morgan fingerprint density at radius 1 is 0.683 bits per heavy atom. The number of rotatable bonds is 14. The first-order valence-electron chi connectivity index (χ1n) is 19.7. The monoisotopic (exact) mass is 866 g/mol. The van der Waals surface area contributed by atoms with Gasteiger partial charge in [0.1, 0.15) is 24.4 Å². The number of amides is 4. The zero-order valence-electron chi connectivity index (χ0n) is 35.4. The number of alkyl carbamates (subject to hydrolysis) is 2. The summed E-state index contributed by atoms with van der Waals surface area (Å²) in [6, 6.07) is 17.3. The van der Waals surface area contributed by atoms with E-state index in [-0.39, 0.29) is 65.4 Å². The molecule has 2 aliphatic rings. The molecule has 2 aliphatic heterocycles. The van der Waals surface area contributed by atoms with Gasteiger partial charge in [-0.15, -0.1) is 0 Å². The van der Waals surface area contributed by atoms with Crippen molar-refractivity contribution in [1.82, 2.24) is 20.4 Å². The van der Waals surface area contributed by atoms with Gasteiger partial charge >= 0.3 is 24.4 Å². The van der Waals surface area contributed by atoms with Gasteiger partial charge in [-0.2, -0.15) is 8.42 Å². The van der Waals surface area contributed by atoms with Gasteiger partial charge in [-0.25, -0.2) is 19.2 Å². The second-order valence-electron chi connectivity index (χ2n) is 16.7. The maximum Gasteiger partial charge on any atom is 0.410 e. The maximum atomic E-state index is 12.5. The van der Waals surface area contributed by atoms with Crippen molar-refractivity contribution in [1.29, 1.82) is 0 Å². The molecular formula is C41H62N4O14S. The number of likely N-dealkylation sites (tertiary alicyclic amines) is 2. The van der Waals surface area contributed by atoms with Gasteiger partial charge in [0.25, 0.3) is 10.1 Å². The minimum absolute atomic E-state index is 0.0255. The van der Waals surface area contributed by atoms with Crippen molar-refractivity contribution < 1.29 is 66.0 Å². The maximum absolute atomic E-state index is 12.5. The molecule has 2 heterocycles. The molecule has 2 aromatic carbocycles. The van der Waals surface area contributed by atoms with Gasteiger partial charge in [-0.1, -0.05) is 60.7 Å². The zero-order valence-corrected chi connectivity index (χ0v) is 36.3. The molecule has 19 heteroatoms. The Hall–Kier alpha value is -4.69. The standard InChI is InChI=1S/C21H32N2O8S.C20H30N2O6/c1-21(2,3)31-19(25)22-17(10-11-30-32(4,27)28)16-12-23(13-18(16)24)20(26)29-14-15-8-6-5-7-9-15;1-20(2,3)28-18(25)21-16(9-10-23)15-11-22(12-17(15)24)19(26)27-13-14-7-5-4-6-8-14/h5-9,16-18,24H,10-14H2,1-4H3,(H,22,25);4-8,15-17,23-24H,9-13H2,1-3H3,(H,21,25)/t16-,17-,18-;15-,16-,17-/m00/s1. The average Bonchev–Trinajstić information content (AvgIpc) is 3.73. The van der Waals surface area contributed by atoms with Crippen molar-refractivity contribution in [2.75, 3.05) is 45.6 Å². The Labute approximate surface area is 352 Å². The largest absolute Gasteiger partial charge is 0.445 e. The van der Waals surface area contributed by atoms with E-state index in [1.165, 1.54) is 9.80 Å². The number of hydrogen-bond acceptors (Lipinski definition) is 14. The Morgan fingerprint density at radius 3 is 1.42 bits per heavy atom. The molecule has 0 unspecified atom stereocenters. The molecule has 0 spiro atoms. The van der Waals surface area contributed by atoms with Crippen LogP contribution >= 0.6 is 0 Å². The normalized spacial score (nSPS) is 20.2. The number of aliphatic hydroxyl groups is 3. The number of carbonyl (C=O) groups is 4. The van der Waals surface area contributed by atoms with Crippen LogP contribution < -0.4 is 10.6 Å². The first kappa shape index (κ1) is 49.7. The Kier molecular flexibility index (Phi) is 18.9. The predicted octanol–water partition coefficient (Wildman–Crippen LogP) is 3.77. The quantitative estimate of drug-likeness (QED) is 0.134. The molecule has 6 atom stereocenters. The molecule has 4 amide bonds. The number of hydrogen-bond donors (Lipinski definition) is 5. The highest BCUT2D eigenvalue weighted by Gasteiger charge is 2.42. The van der Waals surface area contributed by atoms with Gasteiger partial charge in [0, 0.05) is 43.6 Å². The minimum atomic E-state index is -3.66. The highest BCUT2D eigenvalue weighted by Crippen LogP contribution is 2.26. The van der Waals surface area contributed by atoms with Crippen LogP contribution in [0.3, 0.4) is 0 Å². The summed E-state index contributed by atoms with van der Waals surface area (Å²) in [5.41, 5.74) is 0.311. The van der Waals surface area contributed by atoms with Crippen molar-refractivity contribution in [3.63, 3.8) is 0 Å². The summed E-state index contributed by atoms with van der Waals surface area (Å²) in [4.78, 5) is 51.9. The fraction of sp³-hybridized carbons (Fsp3) is 0.610. The number of β-amino-alcohol motifs (C(OH)–C–C–N with tert-alkyl or cyclic N) is 2. The molecule has 0 aromatic heterocycles. The minimum Gasteiger partial charge on any atom is -0.445 e. The number of carbonyl (C=O) groups excluding carboxylic acids is 4. The molecule has 0 aliphatic carbocycles. The summed E-state index contributed by atoms with van der Waals surface area (Å²) in [6.07, 6.45) is -2.95. The molecule has 0 saturated carbocycles. The van der Waals surface area contributed by atoms with Gasteiger partial charge in [0.15, 0.2) is 0 Å². The van der Waals surface area contributed by atoms with Crippen molar-refractivity contribution >= 4 is 34.5 Å². The van der Waals surface area contributed by atoms with E-state index in [4.69, 9.17) is 23.1 Å². The Bertz CT molecular complexity index is 1770. The van der Waals surface area contributed by atoms with Crippen LogP contribution in [0.1, 0.15) is 65.5 Å². The molecule has 4 rings (SSSR count). The van der Waals surface area contributed by atoms with Crippen LogP contribution in [0.5, 0.6) is 0 Å². The van der Waals surface area contributed by atoms with Crippen LogP contribution in [0.4, 0.5) is 19.2 Å². The number of nitrogens with zero attached hydrogens (tertiary/aromatic N) is 2. The van der Waals surface area contributed by atoms with Gasteiger partial charge in [-0.05, 0) is 65.5 Å². The van der Waals surface area contributed by atoms with E-state index in [1.807, 2.05) is 60.7 Å². The second kappa shape index (κ2) is 22.8. The highest BCUT2D eigenvalue weighted by molar-refractivity contribution is 7.85. The fourth-order valence-corrected chi connectivity index (χ4v) is 6.90. The highest BCUT2D eigenvalue weighted by atomic mass is 32.2. The number of ether oxygens (including phenoxy) is 4. The van der Waals surface area contributed by atoms with E-state index in [9.17, 15) is 42.9 Å². The van der Waals surface area contributed by atoms with Crippen LogP contribution in [-0.2, 0) is 46.5 Å². The number of aliphatic hydroxyl groups excluding tert-OH is 3. The molecule has 60 heavy (non-hydrogen) atoms. The lowest BCUT2D eigenvalue weighted by Gasteiger charge is -2.28. The van der Waals surface area contributed by atoms with Crippen LogP contribution in [0.25, 0.3) is 0 Å². The van der Waals surface area contributed by atoms with E-state index in [2.05, 4.69) is 10.6 Å². The summed E-state index contributed by atoms with van der Waals surface area (Å²) in [5.74, 6) is -0.987. The first-order chi connectivity index (χ1) is 28.0. The van der Waals surface area contributed by atoms with E-state index in [0.29, 0.717) is 0 Å². The van der Waals surface area contributed by atoms with Gasteiger partial charge in [0.2, 0.25) is 0 Å². The van der Waals surface area contributed by atoms with E-state index >= 15 is 0 Å². The van der Waals surface area contributed by atoms with E-state index < -0.39 is 81.8 Å². The van der Waals surface area contributed by atoms with E-state index in [0.717, 1.165) is 17.4 Å². The molecule has 0 radical (unpaired) electrons. The zero-order chi connectivity index (χ0) is 44.7. The van der Waals surface area contributed by atoms with Crippen molar-refractivity contribution in [2.24, 2.45) is 11.8 Å². The summed E-state index contributed by atoms with van der Waals surface area (Å²) < 4.78 is 48.5. The van der Waals surface area contributed by atoms with Crippen LogP contribution in [0.2, 0.25) is 0 Å². The van der Waals surface area contributed by atoms with Crippen molar-refractivity contribution in [3.05, 3.63) is 71.8 Å². The predicted molar refractivity (Wildman–Crippen MR) is 219 cm³/mol. The lowest BCUT2D eigenvalue weighted by atomic mass is 9.94. The average molecular weight is 867 g/mol. The van der Waals surface area contributed by atoms with Crippen LogP contribution in [0, 0.1) is 11.8 Å². The van der Waals surface area contributed by atoms with Crippen LogP contribution in [0.15, 0.2) is 60.7 Å². The lowest BCUT2D eigenvalue weighted by Crippen LogP contribution is -2.47. The molecular weight excluding hydrogens is 805 g/mol. The summed E-state index contributed by atoms with van der Waals surface area (Å²) in [6.45, 7) is 10.7. The van der Waals surface area contributed by atoms with E-state index in [1.54, 1.807) is 41.5 Å². The molecule has 5 N–H and O–H groups in total. The third-order valence-corrected chi connectivity index (χ3v) is 9.79. The molecule has 336 valence electrons.